The number of thiocarbonyl (C=S) groups is 1. The first-order valence-corrected chi connectivity index (χ1v) is 4.17. The van der Waals surface area contributed by atoms with Gasteiger partial charge in [0.25, 0.3) is 0 Å². The first-order valence-electron chi connectivity index (χ1n) is 2.96. The molecule has 0 saturated carbocycles. The van der Waals surface area contributed by atoms with Crippen molar-refractivity contribution in [3.8, 4) is 0 Å². The minimum atomic E-state index is -0.957. The Balaban J connectivity index is 3.33. The number of rotatable bonds is 1. The first-order chi connectivity index (χ1) is 5.52. The highest BCUT2D eigenvalue weighted by molar-refractivity contribution is 9.10. The molecular formula is C7H4BrF2NS. The zero-order valence-corrected chi connectivity index (χ0v) is 8.18. The lowest BCUT2D eigenvalue weighted by Crippen LogP contribution is -2.10. The Bertz CT molecular complexity index is 340. The van der Waals surface area contributed by atoms with Crippen LogP contribution in [0.3, 0.4) is 0 Å². The van der Waals surface area contributed by atoms with E-state index in [-0.39, 0.29) is 4.99 Å². The number of benzene rings is 1. The van der Waals surface area contributed by atoms with E-state index in [1.807, 2.05) is 0 Å². The van der Waals surface area contributed by atoms with E-state index in [1.165, 1.54) is 0 Å². The molecule has 0 unspecified atom stereocenters. The smallest absolute Gasteiger partial charge is 0.159 e. The van der Waals surface area contributed by atoms with Crippen LogP contribution in [-0.2, 0) is 0 Å². The van der Waals surface area contributed by atoms with Gasteiger partial charge < -0.3 is 5.73 Å². The molecule has 0 fully saturated rings. The van der Waals surface area contributed by atoms with Gasteiger partial charge in [0, 0.05) is 10.0 Å². The van der Waals surface area contributed by atoms with Crippen molar-refractivity contribution < 1.29 is 8.78 Å². The summed E-state index contributed by atoms with van der Waals surface area (Å²) in [6, 6.07) is 1.95. The van der Waals surface area contributed by atoms with Crippen LogP contribution >= 0.6 is 28.1 Å². The largest absolute Gasteiger partial charge is 0.389 e. The van der Waals surface area contributed by atoms with Gasteiger partial charge >= 0.3 is 0 Å². The summed E-state index contributed by atoms with van der Waals surface area (Å²) in [4.78, 5) is 0.0285. The SMILES string of the molecule is NC(=S)c1cc(F)c(F)cc1Br. The normalized spacial score (nSPS) is 9.92. The molecular weight excluding hydrogens is 248 g/mol. The van der Waals surface area contributed by atoms with Gasteiger partial charge in [-0.3, -0.25) is 0 Å². The van der Waals surface area contributed by atoms with Gasteiger partial charge in [0.05, 0.1) is 0 Å². The summed E-state index contributed by atoms with van der Waals surface area (Å²) in [7, 11) is 0. The van der Waals surface area contributed by atoms with Gasteiger partial charge in [-0.05, 0) is 28.1 Å². The van der Waals surface area contributed by atoms with Crippen LogP contribution in [0.15, 0.2) is 16.6 Å². The maximum Gasteiger partial charge on any atom is 0.159 e. The van der Waals surface area contributed by atoms with Gasteiger partial charge in [0.2, 0.25) is 0 Å². The van der Waals surface area contributed by atoms with Crippen molar-refractivity contribution in [1.82, 2.24) is 0 Å². The van der Waals surface area contributed by atoms with E-state index < -0.39 is 11.6 Å². The maximum atomic E-state index is 12.6. The van der Waals surface area contributed by atoms with E-state index in [1.54, 1.807) is 0 Å². The van der Waals surface area contributed by atoms with E-state index in [4.69, 9.17) is 5.73 Å². The lowest BCUT2D eigenvalue weighted by molar-refractivity contribution is 0.507. The third-order valence-corrected chi connectivity index (χ3v) is 2.15. The molecule has 0 aliphatic rings. The summed E-state index contributed by atoms with van der Waals surface area (Å²) < 4.78 is 25.5. The quantitative estimate of drug-likeness (QED) is 0.613. The Morgan fingerprint density at radius 2 is 1.83 bits per heavy atom. The van der Waals surface area contributed by atoms with Crippen molar-refractivity contribution in [2.24, 2.45) is 5.73 Å². The molecule has 0 saturated heterocycles. The molecule has 1 nitrogen and oxygen atoms in total. The Kier molecular flexibility index (Phi) is 2.74. The minimum absolute atomic E-state index is 0.0285. The molecule has 0 bridgehead atoms. The van der Waals surface area contributed by atoms with Crippen molar-refractivity contribution in [3.63, 3.8) is 0 Å². The van der Waals surface area contributed by atoms with Crippen LogP contribution in [0.25, 0.3) is 0 Å². The Labute approximate surface area is 81.7 Å². The summed E-state index contributed by atoms with van der Waals surface area (Å²) in [6.45, 7) is 0. The highest BCUT2D eigenvalue weighted by Gasteiger charge is 2.09. The molecule has 0 aromatic heterocycles. The third-order valence-electron chi connectivity index (χ3n) is 1.28. The summed E-state index contributed by atoms with van der Waals surface area (Å²) in [5.74, 6) is -1.89. The van der Waals surface area contributed by atoms with Crippen LogP contribution in [0, 0.1) is 11.6 Å². The second-order valence-corrected chi connectivity index (χ2v) is 3.40. The monoisotopic (exact) mass is 251 g/mol. The summed E-state index contributed by atoms with van der Waals surface area (Å²) in [5, 5.41) is 0. The highest BCUT2D eigenvalue weighted by atomic mass is 79.9. The van der Waals surface area contributed by atoms with Crippen LogP contribution in [-0.4, -0.2) is 4.99 Å². The van der Waals surface area contributed by atoms with Gasteiger partial charge in [-0.2, -0.15) is 0 Å². The fourth-order valence-electron chi connectivity index (χ4n) is 0.711. The second-order valence-electron chi connectivity index (χ2n) is 2.11. The van der Waals surface area contributed by atoms with Gasteiger partial charge in [-0.1, -0.05) is 12.2 Å². The molecule has 1 aromatic carbocycles. The third kappa shape index (κ3) is 1.78. The standard InChI is InChI=1S/C7H4BrF2NS/c8-4-2-6(10)5(9)1-3(4)7(11)12/h1-2H,(H2,11,12). The average molecular weight is 252 g/mol. The van der Waals surface area contributed by atoms with E-state index >= 15 is 0 Å². The lowest BCUT2D eigenvalue weighted by atomic mass is 10.2. The van der Waals surface area contributed by atoms with Crippen LogP contribution in [0.4, 0.5) is 8.78 Å². The Morgan fingerprint density at radius 3 is 2.33 bits per heavy atom. The van der Waals surface area contributed by atoms with Crippen molar-refractivity contribution in [3.05, 3.63) is 33.8 Å². The molecule has 0 spiro atoms. The zero-order valence-electron chi connectivity index (χ0n) is 5.77. The van der Waals surface area contributed by atoms with Crippen molar-refractivity contribution in [2.75, 3.05) is 0 Å². The fourth-order valence-corrected chi connectivity index (χ4v) is 1.54. The molecule has 0 radical (unpaired) electrons. The maximum absolute atomic E-state index is 12.6. The topological polar surface area (TPSA) is 26.0 Å². The molecule has 0 aliphatic heterocycles. The van der Waals surface area contributed by atoms with Gasteiger partial charge in [0.1, 0.15) is 4.99 Å². The van der Waals surface area contributed by atoms with E-state index in [0.717, 1.165) is 12.1 Å². The van der Waals surface area contributed by atoms with Crippen molar-refractivity contribution in [2.45, 2.75) is 0 Å². The minimum Gasteiger partial charge on any atom is -0.389 e. The lowest BCUT2D eigenvalue weighted by Gasteiger charge is -2.02. The molecule has 5 heteroatoms. The molecule has 1 rings (SSSR count). The fraction of sp³-hybridized carbons (Fsp3) is 0. The van der Waals surface area contributed by atoms with Crippen LogP contribution in [0.5, 0.6) is 0 Å². The highest BCUT2D eigenvalue weighted by Crippen LogP contribution is 2.20. The molecule has 1 aromatic rings. The van der Waals surface area contributed by atoms with Gasteiger partial charge in [-0.15, -0.1) is 0 Å². The molecule has 0 atom stereocenters. The Hall–Kier alpha value is -0.550. The van der Waals surface area contributed by atoms with Gasteiger partial charge in [-0.25, -0.2) is 8.78 Å². The predicted octanol–water partition coefficient (Wildman–Crippen LogP) is 2.36. The zero-order chi connectivity index (χ0) is 9.30. The van der Waals surface area contributed by atoms with Crippen molar-refractivity contribution >= 4 is 33.1 Å². The molecule has 64 valence electrons. The molecule has 0 aliphatic carbocycles. The van der Waals surface area contributed by atoms with Gasteiger partial charge in [0.15, 0.2) is 11.6 Å². The van der Waals surface area contributed by atoms with E-state index in [2.05, 4.69) is 28.1 Å². The summed E-state index contributed by atoms with van der Waals surface area (Å²) in [6.07, 6.45) is 0. The van der Waals surface area contributed by atoms with Crippen LogP contribution in [0.1, 0.15) is 5.56 Å². The number of nitrogens with two attached hydrogens (primary N) is 1. The Morgan fingerprint density at radius 1 is 1.33 bits per heavy atom. The number of hydrogen-bond acceptors (Lipinski definition) is 1. The molecule has 0 amide bonds. The summed E-state index contributed by atoms with van der Waals surface area (Å²) in [5.41, 5.74) is 5.54. The summed E-state index contributed by atoms with van der Waals surface area (Å²) >= 11 is 7.62. The molecule has 0 heterocycles. The average Bonchev–Trinajstić information content (AvgIpc) is 1.96. The van der Waals surface area contributed by atoms with E-state index in [0.29, 0.717) is 10.0 Å². The van der Waals surface area contributed by atoms with Crippen molar-refractivity contribution in [1.29, 1.82) is 0 Å². The van der Waals surface area contributed by atoms with Crippen LogP contribution < -0.4 is 5.73 Å². The van der Waals surface area contributed by atoms with Crippen LogP contribution in [0.2, 0.25) is 0 Å². The first kappa shape index (κ1) is 9.54. The predicted molar refractivity (Wildman–Crippen MR) is 49.9 cm³/mol. The van der Waals surface area contributed by atoms with E-state index in [9.17, 15) is 8.78 Å². The number of hydrogen-bond donors (Lipinski definition) is 1. The molecule has 12 heavy (non-hydrogen) atoms. The molecule has 2 N–H and O–H groups in total. The second kappa shape index (κ2) is 3.45. The number of halogens is 3.